The Morgan fingerprint density at radius 1 is 1.32 bits per heavy atom. The van der Waals surface area contributed by atoms with E-state index in [9.17, 15) is 4.79 Å². The van der Waals surface area contributed by atoms with Crippen molar-refractivity contribution < 1.29 is 4.79 Å². The highest BCUT2D eigenvalue weighted by molar-refractivity contribution is 5.73. The van der Waals surface area contributed by atoms with Gasteiger partial charge in [-0.15, -0.1) is 0 Å². The summed E-state index contributed by atoms with van der Waals surface area (Å²) in [6.45, 7) is 10.3. The number of rotatable bonds is 5. The molecule has 0 aliphatic carbocycles. The van der Waals surface area contributed by atoms with Gasteiger partial charge in [-0.25, -0.2) is 9.67 Å². The van der Waals surface area contributed by atoms with Crippen molar-refractivity contribution in [2.24, 2.45) is 5.92 Å². The van der Waals surface area contributed by atoms with E-state index in [-0.39, 0.29) is 17.9 Å². The lowest BCUT2D eigenvalue weighted by Crippen LogP contribution is -2.32. The average molecular weight is 300 g/mol. The quantitative estimate of drug-likeness (QED) is 0.923. The van der Waals surface area contributed by atoms with E-state index in [0.29, 0.717) is 6.54 Å². The zero-order chi connectivity index (χ0) is 16.3. The van der Waals surface area contributed by atoms with E-state index < -0.39 is 0 Å². The number of hydrogen-bond acceptors (Lipinski definition) is 3. The second-order valence-corrected chi connectivity index (χ2v) is 6.09. The Kier molecular flexibility index (Phi) is 4.96. The first kappa shape index (κ1) is 16.2. The molecule has 1 amide bonds. The first-order chi connectivity index (χ1) is 10.4. The lowest BCUT2D eigenvalue weighted by Gasteiger charge is -2.21. The number of nitrogens with one attached hydrogen (secondary N) is 1. The molecular weight excluding hydrogens is 276 g/mol. The van der Waals surface area contributed by atoms with Crippen LogP contribution in [0.1, 0.15) is 49.6 Å². The zero-order valence-electron chi connectivity index (χ0n) is 13.9. The van der Waals surface area contributed by atoms with Crippen molar-refractivity contribution in [3.8, 4) is 0 Å². The van der Waals surface area contributed by atoms with Crippen molar-refractivity contribution in [3.05, 3.63) is 47.0 Å². The number of benzene rings is 1. The second kappa shape index (κ2) is 6.73. The van der Waals surface area contributed by atoms with Gasteiger partial charge in [-0.05, 0) is 25.3 Å². The molecule has 5 heteroatoms. The van der Waals surface area contributed by atoms with E-state index in [1.54, 1.807) is 0 Å². The van der Waals surface area contributed by atoms with E-state index in [2.05, 4.69) is 54.4 Å². The minimum absolute atomic E-state index is 0.0542. The molecule has 2 rings (SSSR count). The zero-order valence-corrected chi connectivity index (χ0v) is 13.9. The van der Waals surface area contributed by atoms with Crippen LogP contribution in [0.15, 0.2) is 24.3 Å². The molecule has 2 aromatic rings. The summed E-state index contributed by atoms with van der Waals surface area (Å²) in [5.41, 5.74) is 2.40. The fourth-order valence-corrected chi connectivity index (χ4v) is 2.55. The SMILES string of the molecule is CC(=O)NC(c1nc(C)nn1Cc1cccc(C)c1)C(C)C. The number of carbonyl (C=O) groups is 1. The van der Waals surface area contributed by atoms with Crippen LogP contribution < -0.4 is 5.32 Å². The van der Waals surface area contributed by atoms with Gasteiger partial charge in [0.1, 0.15) is 11.6 Å². The smallest absolute Gasteiger partial charge is 0.217 e. The molecule has 1 unspecified atom stereocenters. The Labute approximate surface area is 131 Å². The van der Waals surface area contributed by atoms with E-state index in [1.807, 2.05) is 17.7 Å². The topological polar surface area (TPSA) is 59.8 Å². The fraction of sp³-hybridized carbons (Fsp3) is 0.471. The predicted molar refractivity (Wildman–Crippen MR) is 86.4 cm³/mol. The summed E-state index contributed by atoms with van der Waals surface area (Å²) in [5.74, 6) is 1.72. The van der Waals surface area contributed by atoms with Gasteiger partial charge in [0.15, 0.2) is 0 Å². The number of amides is 1. The Balaban J connectivity index is 2.34. The summed E-state index contributed by atoms with van der Waals surface area (Å²) in [4.78, 5) is 16.0. The normalized spacial score (nSPS) is 12.5. The standard InChI is InChI=1S/C17H24N4O/c1-11(2)16(19-14(5)22)17-18-13(4)20-21(17)10-15-8-6-7-12(3)9-15/h6-9,11,16H,10H2,1-5H3,(H,19,22). The summed E-state index contributed by atoms with van der Waals surface area (Å²) in [5, 5.41) is 7.48. The lowest BCUT2D eigenvalue weighted by molar-refractivity contribution is -0.120. The molecule has 0 saturated heterocycles. The maximum absolute atomic E-state index is 11.5. The molecule has 0 aliphatic rings. The summed E-state index contributed by atoms with van der Waals surface area (Å²) < 4.78 is 1.89. The number of hydrogen-bond donors (Lipinski definition) is 1. The highest BCUT2D eigenvalue weighted by Crippen LogP contribution is 2.21. The molecule has 0 fully saturated rings. The van der Waals surface area contributed by atoms with Crippen molar-refractivity contribution in [1.29, 1.82) is 0 Å². The van der Waals surface area contributed by atoms with Gasteiger partial charge >= 0.3 is 0 Å². The van der Waals surface area contributed by atoms with Gasteiger partial charge in [0.25, 0.3) is 0 Å². The molecule has 0 bridgehead atoms. The molecule has 0 radical (unpaired) electrons. The van der Waals surface area contributed by atoms with Crippen LogP contribution in [0.4, 0.5) is 0 Å². The Hall–Kier alpha value is -2.17. The molecular formula is C17H24N4O. The summed E-state index contributed by atoms with van der Waals surface area (Å²) in [7, 11) is 0. The summed E-state index contributed by atoms with van der Waals surface area (Å²) in [6, 6.07) is 8.20. The van der Waals surface area contributed by atoms with Crippen molar-refractivity contribution in [2.45, 2.75) is 47.2 Å². The molecule has 118 valence electrons. The minimum atomic E-state index is -0.136. The number of nitrogens with zero attached hydrogens (tertiary/aromatic N) is 3. The van der Waals surface area contributed by atoms with Crippen molar-refractivity contribution in [2.75, 3.05) is 0 Å². The Morgan fingerprint density at radius 3 is 2.64 bits per heavy atom. The van der Waals surface area contributed by atoms with E-state index in [1.165, 1.54) is 18.1 Å². The summed E-state index contributed by atoms with van der Waals surface area (Å²) >= 11 is 0. The van der Waals surface area contributed by atoms with Crippen molar-refractivity contribution >= 4 is 5.91 Å². The number of aromatic nitrogens is 3. The van der Waals surface area contributed by atoms with Crippen molar-refractivity contribution in [3.63, 3.8) is 0 Å². The third-order valence-corrected chi connectivity index (χ3v) is 3.52. The maximum Gasteiger partial charge on any atom is 0.217 e. The summed E-state index contributed by atoms with van der Waals surface area (Å²) in [6.07, 6.45) is 0. The minimum Gasteiger partial charge on any atom is -0.346 e. The van der Waals surface area contributed by atoms with Gasteiger partial charge in [-0.1, -0.05) is 43.7 Å². The molecule has 1 atom stereocenters. The van der Waals surface area contributed by atoms with Gasteiger partial charge < -0.3 is 5.32 Å². The van der Waals surface area contributed by atoms with Crippen LogP contribution in [0, 0.1) is 19.8 Å². The lowest BCUT2D eigenvalue weighted by atomic mass is 10.0. The molecule has 1 aromatic heterocycles. The van der Waals surface area contributed by atoms with Crippen LogP contribution in [0.3, 0.4) is 0 Å². The Bertz CT molecular complexity index is 660. The first-order valence-electron chi connectivity index (χ1n) is 7.61. The van der Waals surface area contributed by atoms with E-state index in [4.69, 9.17) is 0 Å². The highest BCUT2D eigenvalue weighted by Gasteiger charge is 2.23. The van der Waals surface area contributed by atoms with E-state index in [0.717, 1.165) is 11.6 Å². The third kappa shape index (κ3) is 3.93. The first-order valence-corrected chi connectivity index (χ1v) is 7.61. The number of aryl methyl sites for hydroxylation is 2. The predicted octanol–water partition coefficient (Wildman–Crippen LogP) is 2.78. The van der Waals surface area contributed by atoms with Gasteiger partial charge in [0.2, 0.25) is 5.91 Å². The van der Waals surface area contributed by atoms with Gasteiger partial charge in [0, 0.05) is 6.92 Å². The van der Waals surface area contributed by atoms with Crippen LogP contribution in [0.2, 0.25) is 0 Å². The monoisotopic (exact) mass is 300 g/mol. The van der Waals surface area contributed by atoms with Crippen LogP contribution in [0.5, 0.6) is 0 Å². The maximum atomic E-state index is 11.5. The van der Waals surface area contributed by atoms with Crippen LogP contribution in [0.25, 0.3) is 0 Å². The molecule has 0 saturated carbocycles. The molecule has 0 spiro atoms. The van der Waals surface area contributed by atoms with Gasteiger partial charge in [-0.2, -0.15) is 5.10 Å². The van der Waals surface area contributed by atoms with Crippen LogP contribution >= 0.6 is 0 Å². The average Bonchev–Trinajstić information content (AvgIpc) is 2.76. The highest BCUT2D eigenvalue weighted by atomic mass is 16.1. The molecule has 0 aliphatic heterocycles. The molecule has 22 heavy (non-hydrogen) atoms. The van der Waals surface area contributed by atoms with Crippen LogP contribution in [-0.2, 0) is 11.3 Å². The largest absolute Gasteiger partial charge is 0.346 e. The Morgan fingerprint density at radius 2 is 2.05 bits per heavy atom. The second-order valence-electron chi connectivity index (χ2n) is 6.09. The van der Waals surface area contributed by atoms with Crippen molar-refractivity contribution in [1.82, 2.24) is 20.1 Å². The molecule has 1 aromatic carbocycles. The van der Waals surface area contributed by atoms with Crippen LogP contribution in [-0.4, -0.2) is 20.7 Å². The molecule has 1 heterocycles. The molecule has 5 nitrogen and oxygen atoms in total. The number of carbonyl (C=O) groups excluding carboxylic acids is 1. The molecule has 1 N–H and O–H groups in total. The fourth-order valence-electron chi connectivity index (χ4n) is 2.55. The van der Waals surface area contributed by atoms with E-state index >= 15 is 0 Å². The van der Waals surface area contributed by atoms with Gasteiger partial charge in [-0.3, -0.25) is 4.79 Å². The van der Waals surface area contributed by atoms with Gasteiger partial charge in [0.05, 0.1) is 12.6 Å². The third-order valence-electron chi connectivity index (χ3n) is 3.52.